The van der Waals surface area contributed by atoms with Gasteiger partial charge in [-0.25, -0.2) is 13.2 Å². The van der Waals surface area contributed by atoms with Crippen molar-refractivity contribution in [2.45, 2.75) is 6.54 Å². The second kappa shape index (κ2) is 5.10. The predicted molar refractivity (Wildman–Crippen MR) is 65.7 cm³/mol. The second-order valence-electron chi connectivity index (χ2n) is 3.37. The highest BCUT2D eigenvalue weighted by molar-refractivity contribution is 9.11. The Morgan fingerprint density at radius 3 is 2.29 bits per heavy atom. The van der Waals surface area contributed by atoms with Crippen molar-refractivity contribution in [1.82, 2.24) is 0 Å². The smallest absolute Gasteiger partial charge is 0.194 e. The summed E-state index contributed by atoms with van der Waals surface area (Å²) in [7, 11) is 0. The summed E-state index contributed by atoms with van der Waals surface area (Å²) in [6, 6.07) is 3.76. The van der Waals surface area contributed by atoms with Gasteiger partial charge in [0.25, 0.3) is 0 Å². The van der Waals surface area contributed by atoms with E-state index in [-0.39, 0.29) is 5.69 Å². The fraction of sp³-hybridized carbons (Fsp3) is 0.0909. The predicted octanol–water partition coefficient (Wildman–Crippen LogP) is 4.54. The van der Waals surface area contributed by atoms with Gasteiger partial charge < -0.3 is 5.32 Å². The van der Waals surface area contributed by atoms with Crippen molar-refractivity contribution >= 4 is 33.0 Å². The number of anilines is 1. The first kappa shape index (κ1) is 12.4. The molecule has 2 aromatic rings. The van der Waals surface area contributed by atoms with E-state index in [4.69, 9.17) is 0 Å². The van der Waals surface area contributed by atoms with E-state index in [0.717, 1.165) is 21.5 Å². The zero-order chi connectivity index (χ0) is 12.4. The molecule has 6 heteroatoms. The summed E-state index contributed by atoms with van der Waals surface area (Å²) in [5.74, 6) is -3.84. The van der Waals surface area contributed by atoms with Crippen LogP contribution in [0.2, 0.25) is 0 Å². The summed E-state index contributed by atoms with van der Waals surface area (Å²) < 4.78 is 39.5. The largest absolute Gasteiger partial charge is 0.381 e. The highest BCUT2D eigenvalue weighted by Crippen LogP contribution is 2.22. The summed E-state index contributed by atoms with van der Waals surface area (Å²) in [4.78, 5) is 0. The zero-order valence-electron chi connectivity index (χ0n) is 8.44. The Labute approximate surface area is 108 Å². The number of hydrogen-bond acceptors (Lipinski definition) is 2. The van der Waals surface area contributed by atoms with Crippen LogP contribution in [0.3, 0.4) is 0 Å². The van der Waals surface area contributed by atoms with Gasteiger partial charge in [-0.15, -0.1) is 11.3 Å². The van der Waals surface area contributed by atoms with Crippen LogP contribution in [0.5, 0.6) is 0 Å². The number of thiophene rings is 1. The van der Waals surface area contributed by atoms with E-state index in [9.17, 15) is 13.2 Å². The molecule has 0 spiro atoms. The Kier molecular flexibility index (Phi) is 3.73. The van der Waals surface area contributed by atoms with E-state index in [0.29, 0.717) is 6.54 Å². The fourth-order valence-corrected chi connectivity index (χ4v) is 2.51. The topological polar surface area (TPSA) is 12.0 Å². The van der Waals surface area contributed by atoms with Crippen LogP contribution in [0.4, 0.5) is 18.9 Å². The van der Waals surface area contributed by atoms with Gasteiger partial charge in [0.15, 0.2) is 17.5 Å². The van der Waals surface area contributed by atoms with Crippen LogP contribution < -0.4 is 5.32 Å². The molecule has 0 aliphatic heterocycles. The quantitative estimate of drug-likeness (QED) is 0.818. The molecule has 0 saturated carbocycles. The van der Waals surface area contributed by atoms with Crippen molar-refractivity contribution < 1.29 is 13.2 Å². The summed E-state index contributed by atoms with van der Waals surface area (Å²) >= 11 is 4.83. The lowest BCUT2D eigenvalue weighted by molar-refractivity contribution is 0.447. The van der Waals surface area contributed by atoms with Crippen LogP contribution in [-0.4, -0.2) is 0 Å². The first-order chi connectivity index (χ1) is 8.06. The van der Waals surface area contributed by atoms with Crippen LogP contribution in [-0.2, 0) is 6.54 Å². The van der Waals surface area contributed by atoms with Gasteiger partial charge >= 0.3 is 0 Å². The van der Waals surface area contributed by atoms with E-state index >= 15 is 0 Å². The third-order valence-corrected chi connectivity index (χ3v) is 3.66. The number of hydrogen-bond donors (Lipinski definition) is 1. The van der Waals surface area contributed by atoms with Crippen LogP contribution in [0, 0.1) is 17.5 Å². The van der Waals surface area contributed by atoms with Gasteiger partial charge in [-0.1, -0.05) is 0 Å². The van der Waals surface area contributed by atoms with Crippen LogP contribution in [0.25, 0.3) is 0 Å². The van der Waals surface area contributed by atoms with Crippen LogP contribution >= 0.6 is 27.3 Å². The van der Waals surface area contributed by atoms with Crippen molar-refractivity contribution in [2.24, 2.45) is 0 Å². The Morgan fingerprint density at radius 1 is 1.12 bits per heavy atom. The summed E-state index contributed by atoms with van der Waals surface area (Å²) in [5, 5.41) is 4.73. The first-order valence-corrected chi connectivity index (χ1v) is 6.35. The Hall–Kier alpha value is -1.01. The fourth-order valence-electron chi connectivity index (χ4n) is 1.30. The molecule has 1 aromatic carbocycles. The number of halogens is 4. The molecule has 0 aliphatic carbocycles. The van der Waals surface area contributed by atoms with Crippen molar-refractivity contribution in [2.75, 3.05) is 5.32 Å². The van der Waals surface area contributed by atoms with Gasteiger partial charge in [-0.3, -0.25) is 0 Å². The number of rotatable bonds is 3. The van der Waals surface area contributed by atoms with Gasteiger partial charge in [0.05, 0.1) is 3.79 Å². The van der Waals surface area contributed by atoms with Gasteiger partial charge in [-0.2, -0.15) is 0 Å². The van der Waals surface area contributed by atoms with Gasteiger partial charge in [0.2, 0.25) is 0 Å². The average molecular weight is 322 g/mol. The molecule has 0 aliphatic rings. The molecule has 0 amide bonds. The summed E-state index contributed by atoms with van der Waals surface area (Å²) in [6.07, 6.45) is 0. The normalized spacial score (nSPS) is 10.6. The highest BCUT2D eigenvalue weighted by atomic mass is 79.9. The molecule has 1 heterocycles. The van der Waals surface area contributed by atoms with Crippen molar-refractivity contribution in [1.29, 1.82) is 0 Å². The van der Waals surface area contributed by atoms with E-state index < -0.39 is 17.5 Å². The summed E-state index contributed by atoms with van der Waals surface area (Å²) in [5.41, 5.74) is 1.19. The monoisotopic (exact) mass is 321 g/mol. The van der Waals surface area contributed by atoms with Gasteiger partial charge in [0.1, 0.15) is 0 Å². The third kappa shape index (κ3) is 3.01. The van der Waals surface area contributed by atoms with Crippen molar-refractivity contribution in [3.05, 3.63) is 50.4 Å². The molecule has 17 heavy (non-hydrogen) atoms. The molecule has 1 nitrogen and oxygen atoms in total. The van der Waals surface area contributed by atoms with Crippen molar-refractivity contribution in [3.63, 3.8) is 0 Å². The average Bonchev–Trinajstić information content (AvgIpc) is 2.69. The molecule has 90 valence electrons. The first-order valence-electron chi connectivity index (χ1n) is 4.67. The number of nitrogens with one attached hydrogen (secondary N) is 1. The lowest BCUT2D eigenvalue weighted by Crippen LogP contribution is -2.01. The highest BCUT2D eigenvalue weighted by Gasteiger charge is 2.10. The molecule has 0 unspecified atom stereocenters. The molecule has 0 atom stereocenters. The molecule has 2 rings (SSSR count). The molecule has 0 fully saturated rings. The SMILES string of the molecule is Fc1cc(NCc2csc(Br)c2)cc(F)c1F. The van der Waals surface area contributed by atoms with Crippen LogP contribution in [0.1, 0.15) is 5.56 Å². The number of benzene rings is 1. The Morgan fingerprint density at radius 2 is 1.76 bits per heavy atom. The standard InChI is InChI=1S/C11H7BrF3NS/c12-10-1-6(5-17-10)4-16-7-2-8(13)11(15)9(14)3-7/h1-3,5,16H,4H2. The molecular formula is C11H7BrF3NS. The minimum Gasteiger partial charge on any atom is -0.381 e. The summed E-state index contributed by atoms with van der Waals surface area (Å²) in [6.45, 7) is 0.423. The van der Waals surface area contributed by atoms with E-state index in [2.05, 4.69) is 21.2 Å². The minimum atomic E-state index is -1.45. The molecule has 0 bridgehead atoms. The van der Waals surface area contributed by atoms with E-state index in [1.54, 1.807) is 0 Å². The molecule has 0 saturated heterocycles. The lowest BCUT2D eigenvalue weighted by atomic mass is 10.2. The third-order valence-electron chi connectivity index (χ3n) is 2.10. The second-order valence-corrected chi connectivity index (χ2v) is 5.66. The van der Waals surface area contributed by atoms with Crippen LogP contribution in [0.15, 0.2) is 27.4 Å². The molecular weight excluding hydrogens is 315 g/mol. The molecule has 0 radical (unpaired) electrons. The van der Waals surface area contributed by atoms with Gasteiger partial charge in [0, 0.05) is 24.4 Å². The maximum atomic E-state index is 12.9. The van der Waals surface area contributed by atoms with Crippen molar-refractivity contribution in [3.8, 4) is 0 Å². The van der Waals surface area contributed by atoms with E-state index in [1.165, 1.54) is 11.3 Å². The molecule has 1 N–H and O–H groups in total. The lowest BCUT2D eigenvalue weighted by Gasteiger charge is -2.06. The Balaban J connectivity index is 2.09. The minimum absolute atomic E-state index is 0.212. The van der Waals surface area contributed by atoms with E-state index in [1.807, 2.05) is 11.4 Å². The molecule has 1 aromatic heterocycles. The zero-order valence-corrected chi connectivity index (χ0v) is 10.8. The van der Waals surface area contributed by atoms with Gasteiger partial charge in [-0.05, 0) is 32.9 Å². The Bertz CT molecular complexity index is 518. The maximum Gasteiger partial charge on any atom is 0.194 e. The maximum absolute atomic E-state index is 12.9.